The molecule has 0 heterocycles. The number of aliphatic hydroxyl groups is 2. The molecular formula is C31H23F9N2O2. The normalized spacial score (nSPS) is 16.3. The molecule has 6 N–H and O–H groups in total. The van der Waals surface area contributed by atoms with Crippen molar-refractivity contribution in [3.05, 3.63) is 118 Å². The lowest BCUT2D eigenvalue weighted by atomic mass is 9.66. The molecule has 5 rings (SSSR count). The lowest BCUT2D eigenvalue weighted by Crippen LogP contribution is -2.54. The van der Waals surface area contributed by atoms with Gasteiger partial charge in [0.05, 0.1) is 5.41 Å². The molecule has 232 valence electrons. The zero-order chi connectivity index (χ0) is 32.7. The van der Waals surface area contributed by atoms with E-state index >= 15 is 0 Å². The average Bonchev–Trinajstić information content (AvgIpc) is 3.22. The maximum Gasteiger partial charge on any atom is 0.430 e. The summed E-state index contributed by atoms with van der Waals surface area (Å²) < 4.78 is 126. The Bertz CT molecular complexity index is 1700. The van der Waals surface area contributed by atoms with Crippen LogP contribution in [0.3, 0.4) is 0 Å². The Morgan fingerprint density at radius 3 is 1.34 bits per heavy atom. The molecule has 4 aromatic carbocycles. The number of fused-ring (bicyclic) bond motifs is 3. The molecule has 0 aliphatic heterocycles. The summed E-state index contributed by atoms with van der Waals surface area (Å²) in [7, 11) is 0. The molecule has 0 saturated heterocycles. The van der Waals surface area contributed by atoms with Crippen LogP contribution in [0.4, 0.5) is 50.9 Å². The molecule has 1 aliphatic carbocycles. The standard InChI is InChI=1S/C31H23F9N2O2/c1-26(43,29(32,33)34)22-14-16(10-12-24(22)41)27(20-8-4-2-6-18(20)19-7-3-5-9-21(19)27)17-11-13-25(42)23(15-17)28(44,30(35,36)37)31(38,39)40/h2-15,43-44H,41-42H2,1H3. The Kier molecular flexibility index (Phi) is 6.83. The number of halogens is 9. The summed E-state index contributed by atoms with van der Waals surface area (Å²) >= 11 is 0. The van der Waals surface area contributed by atoms with Crippen molar-refractivity contribution in [2.45, 2.75) is 42.1 Å². The zero-order valence-corrected chi connectivity index (χ0v) is 22.5. The Labute approximate surface area is 244 Å². The molecule has 4 aromatic rings. The van der Waals surface area contributed by atoms with Crippen LogP contribution in [-0.2, 0) is 16.6 Å². The van der Waals surface area contributed by atoms with Crippen LogP contribution in [-0.4, -0.2) is 28.7 Å². The third-order valence-electron chi connectivity index (χ3n) is 8.21. The number of alkyl halides is 9. The fourth-order valence-electron chi connectivity index (χ4n) is 5.96. The third-order valence-corrected chi connectivity index (χ3v) is 8.21. The van der Waals surface area contributed by atoms with Crippen LogP contribution in [0, 0.1) is 0 Å². The predicted molar refractivity (Wildman–Crippen MR) is 144 cm³/mol. The second kappa shape index (κ2) is 9.63. The van der Waals surface area contributed by atoms with Gasteiger partial charge in [0, 0.05) is 22.5 Å². The largest absolute Gasteiger partial charge is 0.430 e. The lowest BCUT2D eigenvalue weighted by Gasteiger charge is -2.38. The molecule has 4 nitrogen and oxygen atoms in total. The number of anilines is 2. The van der Waals surface area contributed by atoms with Crippen LogP contribution in [0.15, 0.2) is 84.9 Å². The number of nitrogen functional groups attached to an aromatic ring is 2. The quantitative estimate of drug-likeness (QED) is 0.125. The molecule has 0 saturated carbocycles. The van der Waals surface area contributed by atoms with Crippen molar-refractivity contribution in [2.75, 3.05) is 11.5 Å². The highest BCUT2D eigenvalue weighted by Gasteiger charge is 2.72. The van der Waals surface area contributed by atoms with E-state index in [1.165, 1.54) is 18.2 Å². The first-order chi connectivity index (χ1) is 20.2. The van der Waals surface area contributed by atoms with E-state index in [0.29, 0.717) is 35.2 Å². The highest BCUT2D eigenvalue weighted by atomic mass is 19.4. The summed E-state index contributed by atoms with van der Waals surface area (Å²) in [5.41, 5.74) is -2.01. The Balaban J connectivity index is 1.96. The Morgan fingerprint density at radius 2 is 0.932 bits per heavy atom. The number of hydrogen-bond donors (Lipinski definition) is 4. The lowest BCUT2D eigenvalue weighted by molar-refractivity contribution is -0.376. The van der Waals surface area contributed by atoms with Crippen LogP contribution in [0.1, 0.15) is 40.3 Å². The van der Waals surface area contributed by atoms with Crippen LogP contribution in [0.2, 0.25) is 0 Å². The van der Waals surface area contributed by atoms with Crippen LogP contribution in [0.5, 0.6) is 0 Å². The maximum absolute atomic E-state index is 14.0. The van der Waals surface area contributed by atoms with Gasteiger partial charge in [-0.1, -0.05) is 60.7 Å². The van der Waals surface area contributed by atoms with Crippen molar-refractivity contribution in [1.82, 2.24) is 0 Å². The minimum absolute atomic E-state index is 0.0677. The first-order valence-corrected chi connectivity index (χ1v) is 12.9. The van der Waals surface area contributed by atoms with Gasteiger partial charge in [0.25, 0.3) is 5.60 Å². The van der Waals surface area contributed by atoms with Gasteiger partial charge in [0.15, 0.2) is 5.60 Å². The van der Waals surface area contributed by atoms with E-state index in [1.807, 2.05) is 0 Å². The smallest absolute Gasteiger partial charge is 0.398 e. The van der Waals surface area contributed by atoms with Gasteiger partial charge in [0.2, 0.25) is 0 Å². The number of rotatable bonds is 4. The van der Waals surface area contributed by atoms with Crippen LogP contribution < -0.4 is 11.5 Å². The van der Waals surface area contributed by atoms with Gasteiger partial charge in [-0.2, -0.15) is 39.5 Å². The minimum Gasteiger partial charge on any atom is -0.398 e. The van der Waals surface area contributed by atoms with E-state index in [4.69, 9.17) is 11.5 Å². The zero-order valence-electron chi connectivity index (χ0n) is 22.5. The first kappa shape index (κ1) is 31.2. The highest BCUT2D eigenvalue weighted by molar-refractivity contribution is 5.86. The van der Waals surface area contributed by atoms with E-state index in [9.17, 15) is 49.7 Å². The Hall–Kier alpha value is -4.23. The highest BCUT2D eigenvalue weighted by Crippen LogP contribution is 2.59. The van der Waals surface area contributed by atoms with Crippen molar-refractivity contribution in [2.24, 2.45) is 0 Å². The molecule has 1 aliphatic rings. The SMILES string of the molecule is CC(O)(c1cc(C2(c3ccc(N)c(C(O)(C(F)(F)F)C(F)(F)F)c3)c3ccccc3-c3ccccc32)ccc1N)C(F)(F)F. The summed E-state index contributed by atoms with van der Waals surface area (Å²) in [5.74, 6) is 0. The average molecular weight is 627 g/mol. The summed E-state index contributed by atoms with van der Waals surface area (Å²) in [6, 6.07) is 18.3. The minimum atomic E-state index is -6.27. The third kappa shape index (κ3) is 4.16. The molecule has 0 spiro atoms. The summed E-state index contributed by atoms with van der Waals surface area (Å²) in [6.07, 6.45) is -17.8. The van der Waals surface area contributed by atoms with Crippen molar-refractivity contribution in [1.29, 1.82) is 0 Å². The summed E-state index contributed by atoms with van der Waals surface area (Å²) in [4.78, 5) is 0. The fourth-order valence-corrected chi connectivity index (χ4v) is 5.96. The summed E-state index contributed by atoms with van der Waals surface area (Å²) in [5, 5.41) is 20.9. The molecule has 0 amide bonds. The number of hydrogen-bond acceptors (Lipinski definition) is 4. The Morgan fingerprint density at radius 1 is 0.545 bits per heavy atom. The van der Waals surface area contributed by atoms with Crippen LogP contribution in [0.25, 0.3) is 11.1 Å². The van der Waals surface area contributed by atoms with E-state index < -0.39 is 57.6 Å². The maximum atomic E-state index is 14.0. The van der Waals surface area contributed by atoms with Gasteiger partial charge in [-0.15, -0.1) is 0 Å². The topological polar surface area (TPSA) is 92.5 Å². The summed E-state index contributed by atoms with van der Waals surface area (Å²) in [6.45, 7) is 0.472. The predicted octanol–water partition coefficient (Wildman–Crippen LogP) is 7.30. The number of nitrogens with two attached hydrogens (primary N) is 2. The molecule has 0 bridgehead atoms. The second-order valence-corrected chi connectivity index (χ2v) is 10.7. The van der Waals surface area contributed by atoms with Gasteiger partial charge in [0.1, 0.15) is 0 Å². The fraction of sp³-hybridized carbons (Fsp3) is 0.226. The molecule has 0 radical (unpaired) electrons. The van der Waals surface area contributed by atoms with Gasteiger partial charge in [-0.3, -0.25) is 0 Å². The van der Waals surface area contributed by atoms with E-state index in [-0.39, 0.29) is 11.1 Å². The van der Waals surface area contributed by atoms with E-state index in [0.717, 1.165) is 24.3 Å². The molecular weight excluding hydrogens is 603 g/mol. The monoisotopic (exact) mass is 626 g/mol. The van der Waals surface area contributed by atoms with E-state index in [1.54, 1.807) is 36.4 Å². The van der Waals surface area contributed by atoms with E-state index in [2.05, 4.69) is 0 Å². The van der Waals surface area contributed by atoms with Gasteiger partial charge >= 0.3 is 18.5 Å². The number of benzene rings is 4. The van der Waals surface area contributed by atoms with Crippen LogP contribution >= 0.6 is 0 Å². The van der Waals surface area contributed by atoms with Crippen molar-refractivity contribution in [3.63, 3.8) is 0 Å². The molecule has 13 heteroatoms. The van der Waals surface area contributed by atoms with Crippen molar-refractivity contribution < 1.29 is 49.7 Å². The molecule has 1 unspecified atom stereocenters. The van der Waals surface area contributed by atoms with Gasteiger partial charge in [-0.25, -0.2) is 0 Å². The first-order valence-electron chi connectivity index (χ1n) is 12.9. The van der Waals surface area contributed by atoms with Crippen molar-refractivity contribution >= 4 is 11.4 Å². The molecule has 1 atom stereocenters. The molecule has 0 fully saturated rings. The molecule has 44 heavy (non-hydrogen) atoms. The molecule has 0 aromatic heterocycles. The second-order valence-electron chi connectivity index (χ2n) is 10.7. The van der Waals surface area contributed by atoms with Gasteiger partial charge in [-0.05, 0) is 64.6 Å². The van der Waals surface area contributed by atoms with Gasteiger partial charge < -0.3 is 21.7 Å². The van der Waals surface area contributed by atoms with Crippen molar-refractivity contribution in [3.8, 4) is 11.1 Å².